The summed E-state index contributed by atoms with van der Waals surface area (Å²) in [5.74, 6) is -0.100. The van der Waals surface area contributed by atoms with Crippen LogP contribution in [-0.2, 0) is 13.0 Å². The lowest BCUT2D eigenvalue weighted by molar-refractivity contribution is 0.598. The predicted molar refractivity (Wildman–Crippen MR) is 53.3 cm³/mol. The summed E-state index contributed by atoms with van der Waals surface area (Å²) in [5.41, 5.74) is 3.02. The second-order valence-corrected chi connectivity index (χ2v) is 3.25. The van der Waals surface area contributed by atoms with Gasteiger partial charge in [0, 0.05) is 12.1 Å². The molecule has 0 aromatic heterocycles. The van der Waals surface area contributed by atoms with Crippen molar-refractivity contribution < 1.29 is 4.39 Å². The molecule has 1 nitrogen and oxygen atoms in total. The molecule has 0 unspecified atom stereocenters. The van der Waals surface area contributed by atoms with E-state index in [1.54, 1.807) is 6.07 Å². The number of rotatable bonds is 3. The maximum atomic E-state index is 13.4. The lowest BCUT2D eigenvalue weighted by atomic mass is 10.0. The predicted octanol–water partition coefficient (Wildman–Crippen LogP) is 2.42. The number of nitrogens with one attached hydrogen (secondary N) is 1. The third kappa shape index (κ3) is 2.28. The van der Waals surface area contributed by atoms with E-state index >= 15 is 0 Å². The molecule has 1 aromatic carbocycles. The van der Waals surface area contributed by atoms with Crippen LogP contribution in [0.5, 0.6) is 0 Å². The maximum Gasteiger partial charge on any atom is 0.127 e. The molecule has 0 spiro atoms. The molecule has 2 heteroatoms. The Kier molecular flexibility index (Phi) is 3.43. The maximum absolute atomic E-state index is 13.4. The number of benzene rings is 1. The molecule has 0 radical (unpaired) electrons. The molecule has 0 aliphatic heterocycles. The molecule has 0 amide bonds. The standard InChI is InChI=1S/C11H16FN/c1-4-9-6-11(12)10(7-13-3)5-8(9)2/h5-6,13H,4,7H2,1-3H3. The second kappa shape index (κ2) is 4.38. The number of halogens is 1. The topological polar surface area (TPSA) is 12.0 Å². The van der Waals surface area contributed by atoms with E-state index < -0.39 is 0 Å². The number of hydrogen-bond acceptors (Lipinski definition) is 1. The highest BCUT2D eigenvalue weighted by atomic mass is 19.1. The van der Waals surface area contributed by atoms with E-state index in [9.17, 15) is 4.39 Å². The largest absolute Gasteiger partial charge is 0.316 e. The average Bonchev–Trinajstić information content (AvgIpc) is 2.11. The summed E-state index contributed by atoms with van der Waals surface area (Å²) in [6, 6.07) is 3.56. The molecule has 0 heterocycles. The first-order valence-electron chi connectivity index (χ1n) is 4.61. The van der Waals surface area contributed by atoms with Crippen LogP contribution in [0.2, 0.25) is 0 Å². The fourth-order valence-electron chi connectivity index (χ4n) is 1.49. The Morgan fingerprint density at radius 2 is 2.00 bits per heavy atom. The van der Waals surface area contributed by atoms with Gasteiger partial charge >= 0.3 is 0 Å². The van der Waals surface area contributed by atoms with Crippen LogP contribution in [0.4, 0.5) is 4.39 Å². The van der Waals surface area contributed by atoms with Crippen LogP contribution in [0.1, 0.15) is 23.6 Å². The Hall–Kier alpha value is -0.890. The second-order valence-electron chi connectivity index (χ2n) is 3.25. The van der Waals surface area contributed by atoms with Gasteiger partial charge < -0.3 is 5.32 Å². The van der Waals surface area contributed by atoms with Gasteiger partial charge in [0.2, 0.25) is 0 Å². The van der Waals surface area contributed by atoms with Crippen molar-refractivity contribution in [2.45, 2.75) is 26.8 Å². The summed E-state index contributed by atoms with van der Waals surface area (Å²) >= 11 is 0. The van der Waals surface area contributed by atoms with Crippen LogP contribution < -0.4 is 5.32 Å². The summed E-state index contributed by atoms with van der Waals surface area (Å²) in [7, 11) is 1.82. The summed E-state index contributed by atoms with van der Waals surface area (Å²) in [4.78, 5) is 0. The molecule has 1 N–H and O–H groups in total. The van der Waals surface area contributed by atoms with Gasteiger partial charge in [0.1, 0.15) is 5.82 Å². The lowest BCUT2D eigenvalue weighted by Crippen LogP contribution is -2.08. The molecule has 1 rings (SSSR count). The molecule has 0 aliphatic rings. The van der Waals surface area contributed by atoms with Crippen molar-refractivity contribution in [2.75, 3.05) is 7.05 Å². The highest BCUT2D eigenvalue weighted by Gasteiger charge is 2.04. The number of hydrogen-bond donors (Lipinski definition) is 1. The van der Waals surface area contributed by atoms with E-state index in [1.165, 1.54) is 5.56 Å². The fourth-order valence-corrected chi connectivity index (χ4v) is 1.49. The first kappa shape index (κ1) is 10.2. The van der Waals surface area contributed by atoms with Gasteiger partial charge in [0.15, 0.2) is 0 Å². The molecule has 0 saturated carbocycles. The van der Waals surface area contributed by atoms with E-state index in [0.29, 0.717) is 6.54 Å². The zero-order chi connectivity index (χ0) is 9.84. The van der Waals surface area contributed by atoms with Crippen molar-refractivity contribution in [3.63, 3.8) is 0 Å². The van der Waals surface area contributed by atoms with Gasteiger partial charge in [0.05, 0.1) is 0 Å². The molecule has 1 aromatic rings. The molecule has 0 aliphatic carbocycles. The van der Waals surface area contributed by atoms with Gasteiger partial charge in [-0.15, -0.1) is 0 Å². The summed E-state index contributed by atoms with van der Waals surface area (Å²) in [6.07, 6.45) is 0.891. The summed E-state index contributed by atoms with van der Waals surface area (Å²) < 4.78 is 13.4. The summed E-state index contributed by atoms with van der Waals surface area (Å²) in [6.45, 7) is 4.66. The van der Waals surface area contributed by atoms with Crippen LogP contribution in [-0.4, -0.2) is 7.05 Å². The van der Waals surface area contributed by atoms with Crippen molar-refractivity contribution in [2.24, 2.45) is 0 Å². The Morgan fingerprint density at radius 1 is 1.31 bits per heavy atom. The highest BCUT2D eigenvalue weighted by molar-refractivity contribution is 5.32. The molecule has 13 heavy (non-hydrogen) atoms. The number of aryl methyl sites for hydroxylation is 2. The molecule has 0 atom stereocenters. The van der Waals surface area contributed by atoms with Crippen molar-refractivity contribution in [3.8, 4) is 0 Å². The lowest BCUT2D eigenvalue weighted by Gasteiger charge is -2.08. The van der Waals surface area contributed by atoms with Crippen LogP contribution in [0.25, 0.3) is 0 Å². The van der Waals surface area contributed by atoms with E-state index in [-0.39, 0.29) is 5.82 Å². The van der Waals surface area contributed by atoms with Crippen molar-refractivity contribution >= 4 is 0 Å². The molecule has 0 fully saturated rings. The van der Waals surface area contributed by atoms with Crippen molar-refractivity contribution in [1.82, 2.24) is 5.32 Å². The Bertz CT molecular complexity index is 294. The van der Waals surface area contributed by atoms with E-state index in [2.05, 4.69) is 5.32 Å². The van der Waals surface area contributed by atoms with E-state index in [0.717, 1.165) is 17.5 Å². The highest BCUT2D eigenvalue weighted by Crippen LogP contribution is 2.15. The molecular formula is C11H16FN. The van der Waals surface area contributed by atoms with E-state index in [4.69, 9.17) is 0 Å². The zero-order valence-corrected chi connectivity index (χ0v) is 8.45. The van der Waals surface area contributed by atoms with Gasteiger partial charge in [-0.3, -0.25) is 0 Å². The first-order chi connectivity index (χ1) is 6.19. The SMILES string of the molecule is CCc1cc(F)c(CNC)cc1C. The Balaban J connectivity index is 3.05. The molecule has 72 valence electrons. The molecule has 0 bridgehead atoms. The smallest absolute Gasteiger partial charge is 0.127 e. The van der Waals surface area contributed by atoms with Crippen LogP contribution in [0.3, 0.4) is 0 Å². The van der Waals surface area contributed by atoms with E-state index in [1.807, 2.05) is 27.0 Å². The van der Waals surface area contributed by atoms with Gasteiger partial charge in [-0.05, 0) is 37.6 Å². The average molecular weight is 181 g/mol. The normalized spacial score (nSPS) is 10.5. The van der Waals surface area contributed by atoms with Crippen molar-refractivity contribution in [1.29, 1.82) is 0 Å². The third-order valence-corrected chi connectivity index (χ3v) is 2.25. The first-order valence-corrected chi connectivity index (χ1v) is 4.61. The van der Waals surface area contributed by atoms with Crippen LogP contribution >= 0.6 is 0 Å². The monoisotopic (exact) mass is 181 g/mol. The van der Waals surface area contributed by atoms with Gasteiger partial charge in [0.25, 0.3) is 0 Å². The van der Waals surface area contributed by atoms with Crippen LogP contribution in [0, 0.1) is 12.7 Å². The zero-order valence-electron chi connectivity index (χ0n) is 8.45. The molecular weight excluding hydrogens is 165 g/mol. The Morgan fingerprint density at radius 3 is 2.54 bits per heavy atom. The summed E-state index contributed by atoms with van der Waals surface area (Å²) in [5, 5.41) is 2.95. The minimum absolute atomic E-state index is 0.100. The van der Waals surface area contributed by atoms with Gasteiger partial charge in [-0.2, -0.15) is 0 Å². The van der Waals surface area contributed by atoms with Crippen molar-refractivity contribution in [3.05, 3.63) is 34.6 Å². The Labute approximate surface area is 79.0 Å². The third-order valence-electron chi connectivity index (χ3n) is 2.25. The quantitative estimate of drug-likeness (QED) is 0.755. The van der Waals surface area contributed by atoms with Crippen LogP contribution in [0.15, 0.2) is 12.1 Å². The minimum atomic E-state index is -0.100. The molecule has 0 saturated heterocycles. The van der Waals surface area contributed by atoms with Gasteiger partial charge in [-0.1, -0.05) is 13.0 Å². The fraction of sp³-hybridized carbons (Fsp3) is 0.455. The minimum Gasteiger partial charge on any atom is -0.316 e. The van der Waals surface area contributed by atoms with Gasteiger partial charge in [-0.25, -0.2) is 4.39 Å².